The summed E-state index contributed by atoms with van der Waals surface area (Å²) in [6.45, 7) is 56.3. The van der Waals surface area contributed by atoms with Gasteiger partial charge in [0.25, 0.3) is 0 Å². The lowest BCUT2D eigenvalue weighted by molar-refractivity contribution is -0.131. The van der Waals surface area contributed by atoms with Crippen molar-refractivity contribution >= 4 is 64.7 Å². The predicted octanol–water partition coefficient (Wildman–Crippen LogP) is 7.45. The fourth-order valence-electron chi connectivity index (χ4n) is 12.0. The van der Waals surface area contributed by atoms with E-state index < -0.39 is 0 Å². The lowest BCUT2D eigenvalue weighted by Crippen LogP contribution is -2.51. The van der Waals surface area contributed by atoms with Crippen molar-refractivity contribution in [3.63, 3.8) is 0 Å². The Bertz CT molecular complexity index is 3670. The summed E-state index contributed by atoms with van der Waals surface area (Å²) in [6, 6.07) is 12.6. The first-order valence-electron chi connectivity index (χ1n) is 39.9. The highest BCUT2D eigenvalue weighted by Crippen LogP contribution is 2.40. The molecule has 5 aromatic rings. The Labute approximate surface area is 645 Å². The zero-order chi connectivity index (χ0) is 78.3. The van der Waals surface area contributed by atoms with Gasteiger partial charge in [0.15, 0.2) is 0 Å². The van der Waals surface area contributed by atoms with E-state index in [0.717, 1.165) is 225 Å². The van der Waals surface area contributed by atoms with E-state index in [9.17, 15) is 9.59 Å². The van der Waals surface area contributed by atoms with Gasteiger partial charge in [0, 0.05) is 215 Å². The third-order valence-corrected chi connectivity index (χ3v) is 20.1. The van der Waals surface area contributed by atoms with Gasteiger partial charge in [0.1, 0.15) is 34.9 Å². The summed E-state index contributed by atoms with van der Waals surface area (Å²) in [5.74, 6) is 9.66. The number of anilines is 9. The molecule has 1 aliphatic carbocycles. The van der Waals surface area contributed by atoms with E-state index in [-0.39, 0.29) is 38.9 Å². The van der Waals surface area contributed by atoms with E-state index >= 15 is 0 Å². The molecule has 11 N–H and O–H groups in total. The number of likely N-dealkylation sites (N-methyl/N-ethyl adjacent to an activating group) is 1. The number of unbranched alkanes of at least 4 members (excludes halogenated alkanes) is 1. The first-order valence-corrected chi connectivity index (χ1v) is 39.9. The van der Waals surface area contributed by atoms with Gasteiger partial charge < -0.3 is 87.7 Å². The molecule has 8 fully saturated rings. The topological polar surface area (TPSA) is 326 Å². The Kier molecular flexibility index (Phi) is 29.2. The second kappa shape index (κ2) is 37.3. The van der Waals surface area contributed by atoms with E-state index in [2.05, 4.69) is 226 Å². The number of amides is 2. The molecule has 1 saturated carbocycles. The Morgan fingerprint density at radius 1 is 0.454 bits per heavy atom. The molecule has 8 aliphatic rings. The van der Waals surface area contributed by atoms with Crippen molar-refractivity contribution in [3.05, 3.63) is 64.6 Å². The first-order chi connectivity index (χ1) is 51.0. The monoisotopic (exact) mass is 1500 g/mol. The van der Waals surface area contributed by atoms with E-state index in [0.29, 0.717) is 49.1 Å². The Morgan fingerprint density at radius 3 is 1.09 bits per heavy atom. The van der Waals surface area contributed by atoms with Crippen molar-refractivity contribution in [1.82, 2.24) is 80.9 Å². The number of ether oxygens (including phenoxy) is 1. The average Bonchev–Trinajstić information content (AvgIpc) is 1.30. The molecule has 0 aromatic carbocycles. The number of nitrogens with one attached hydrogen (secondary N) is 9. The van der Waals surface area contributed by atoms with Crippen LogP contribution in [0.5, 0.6) is 0 Å². The fourth-order valence-corrected chi connectivity index (χ4v) is 12.0. The summed E-state index contributed by atoms with van der Waals surface area (Å²) >= 11 is 0. The Balaban J connectivity index is 0.000000156. The molecule has 7 saturated heterocycles. The van der Waals surface area contributed by atoms with Crippen molar-refractivity contribution in [2.75, 3.05) is 198 Å². The summed E-state index contributed by atoms with van der Waals surface area (Å²) in [7, 11) is 4.05. The highest BCUT2D eigenvalue weighted by molar-refractivity contribution is 5.76. The Morgan fingerprint density at radius 2 is 0.787 bits per heavy atom. The molecule has 108 heavy (non-hydrogen) atoms. The Hall–Kier alpha value is -7.70. The maximum atomic E-state index is 11.9. The molecule has 0 unspecified atom stereocenters. The SMILES string of the molecule is CC(=O)N1CCN(c2nc(NC3CNC3)cc(C(C)(C)C)n2)CC1.CC(C)(C)c1cc(NC2COC2)nc(C2CC2)n1.CCC(=O)N1CCN(c2nc(NC3CNC3)cc(C(C)(C)C)n2)CC1.CCCCN(C)c1nc(NC2CNC2)cc(C(C)(C)C)n1.CN(CCN)c1nc(NC2CNC2)cc(C(C)(C)C)n1. The smallest absolute Gasteiger partial charge is 0.227 e. The second-order valence-electron chi connectivity index (χ2n) is 35.4. The number of hydrogen-bond donors (Lipinski definition) is 10. The highest BCUT2D eigenvalue weighted by atomic mass is 16.5. The van der Waals surface area contributed by atoms with Crippen molar-refractivity contribution < 1.29 is 14.3 Å². The molecule has 0 radical (unpaired) electrons. The van der Waals surface area contributed by atoms with Crippen LogP contribution >= 0.6 is 0 Å². The van der Waals surface area contributed by atoms with Crippen molar-refractivity contribution in [2.24, 2.45) is 5.73 Å². The summed E-state index contributed by atoms with van der Waals surface area (Å²) in [5, 5.41) is 30.5. The van der Waals surface area contributed by atoms with Gasteiger partial charge in [-0.2, -0.15) is 19.9 Å². The summed E-state index contributed by atoms with van der Waals surface area (Å²) < 4.78 is 5.19. The molecule has 0 atom stereocenters. The van der Waals surface area contributed by atoms with Crippen LogP contribution in [-0.2, 0) is 41.4 Å². The number of aromatic nitrogens is 10. The zero-order valence-electron chi connectivity index (χ0n) is 69.2. The molecule has 598 valence electrons. The minimum absolute atomic E-state index is 0.00443. The zero-order valence-corrected chi connectivity index (χ0v) is 69.2. The first kappa shape index (κ1) is 84.3. The lowest BCUT2D eigenvalue weighted by atomic mass is 9.92. The normalized spacial score (nSPS) is 18.0. The minimum Gasteiger partial charge on any atom is -0.377 e. The molecule has 29 heteroatoms. The van der Waals surface area contributed by atoms with Gasteiger partial charge in [-0.15, -0.1) is 0 Å². The predicted molar refractivity (Wildman–Crippen MR) is 439 cm³/mol. The molecule has 0 spiro atoms. The van der Waals surface area contributed by atoms with E-state index in [1.165, 1.54) is 19.3 Å². The van der Waals surface area contributed by atoms with Gasteiger partial charge in [0.2, 0.25) is 35.6 Å². The average molecular weight is 1500 g/mol. The number of piperazine rings is 2. The van der Waals surface area contributed by atoms with Crippen LogP contribution in [0.4, 0.5) is 52.9 Å². The molecule has 2 amide bonds. The number of nitrogens with zero attached hydrogens (tertiary/aromatic N) is 16. The fraction of sp³-hybridized carbons (Fsp3) is 0.722. The molecular formula is C79H134N26O3. The van der Waals surface area contributed by atoms with Gasteiger partial charge in [-0.3, -0.25) is 9.59 Å². The maximum Gasteiger partial charge on any atom is 0.227 e. The van der Waals surface area contributed by atoms with Crippen LogP contribution < -0.4 is 73.2 Å². The summed E-state index contributed by atoms with van der Waals surface area (Å²) in [6.07, 6.45) is 5.38. The second-order valence-corrected chi connectivity index (χ2v) is 35.4. The highest BCUT2D eigenvalue weighted by Gasteiger charge is 2.33. The summed E-state index contributed by atoms with van der Waals surface area (Å²) in [4.78, 5) is 83.0. The lowest BCUT2D eigenvalue weighted by Gasteiger charge is -2.35. The van der Waals surface area contributed by atoms with Crippen molar-refractivity contribution in [1.29, 1.82) is 0 Å². The molecule has 13 rings (SSSR count). The number of carbonyl (C=O) groups excluding carboxylic acids is 2. The molecule has 12 heterocycles. The van der Waals surface area contributed by atoms with Crippen LogP contribution in [0.2, 0.25) is 0 Å². The minimum atomic E-state index is -0.0357. The molecule has 29 nitrogen and oxygen atoms in total. The van der Waals surface area contributed by atoms with E-state index in [4.69, 9.17) is 45.4 Å². The third kappa shape index (κ3) is 25.2. The number of rotatable bonds is 21. The van der Waals surface area contributed by atoms with Crippen LogP contribution in [0.15, 0.2) is 30.3 Å². The molecule has 5 aromatic heterocycles. The standard InChI is InChI=1S/C18H30N6O.C17H28N6O.C16H29N5.C14H26N6.C14H21N3O/c1-5-16(25)23-6-8-24(9-7-23)17-21-14(18(2,3)4)10-15(22-17)20-13-11-19-12-13;1-12(24)22-5-7-23(8-6-22)16-20-14(17(2,3)4)9-15(21-16)19-13-10-18-11-13;1-6-7-8-21(5)15-19-13(16(2,3)4)9-14(20-15)18-12-10-17-11-12;1-14(2,3)11-7-12(17-10-8-16-9-10)19-13(18-11)20(4)6-5-15;1-14(2,3)11-6-12(15-10-7-18-8-10)17-13(16-11)9-4-5-9/h10,13,19H,5-9,11-12H2,1-4H3,(H,20,21,22);9,13,18H,5-8,10-11H2,1-4H3,(H,19,20,21);9,12,17H,6-8,10-11H2,1-5H3,(H,18,19,20);7,10,16H,5-6,8-9,15H2,1-4H3,(H,17,18,19);6,9-10H,4-5,7-8H2,1-3H3,(H,15,16,17). The quantitative estimate of drug-likeness (QED) is 0.0341. The van der Waals surface area contributed by atoms with Gasteiger partial charge in [0.05, 0.1) is 71.9 Å². The van der Waals surface area contributed by atoms with Crippen LogP contribution in [-0.4, -0.2) is 253 Å². The van der Waals surface area contributed by atoms with Gasteiger partial charge >= 0.3 is 0 Å². The number of carbonyl (C=O) groups is 2. The largest absolute Gasteiger partial charge is 0.377 e. The summed E-state index contributed by atoms with van der Waals surface area (Å²) in [5.41, 5.74) is 11.0. The molecule has 7 aliphatic heterocycles. The van der Waals surface area contributed by atoms with Crippen LogP contribution in [0.25, 0.3) is 0 Å². The van der Waals surface area contributed by atoms with Crippen LogP contribution in [0, 0.1) is 0 Å². The van der Waals surface area contributed by atoms with Gasteiger partial charge in [-0.1, -0.05) is 124 Å². The number of hydrogen-bond acceptors (Lipinski definition) is 27. The number of nitrogens with two attached hydrogens (primary N) is 1. The van der Waals surface area contributed by atoms with E-state index in [1.807, 2.05) is 28.7 Å². The van der Waals surface area contributed by atoms with E-state index in [1.54, 1.807) is 6.92 Å². The van der Waals surface area contributed by atoms with Crippen molar-refractivity contribution in [2.45, 2.75) is 220 Å². The third-order valence-electron chi connectivity index (χ3n) is 20.1. The molecule has 0 bridgehead atoms. The van der Waals surface area contributed by atoms with Crippen LogP contribution in [0.1, 0.15) is 197 Å². The van der Waals surface area contributed by atoms with Gasteiger partial charge in [-0.25, -0.2) is 29.9 Å². The molecular weight excluding hydrogens is 1360 g/mol. The van der Waals surface area contributed by atoms with Crippen molar-refractivity contribution in [3.8, 4) is 0 Å². The van der Waals surface area contributed by atoms with Gasteiger partial charge in [-0.05, 0) is 19.3 Å². The van der Waals surface area contributed by atoms with Crippen LogP contribution in [0.3, 0.4) is 0 Å². The maximum absolute atomic E-state index is 11.9.